The third-order valence-corrected chi connectivity index (χ3v) is 4.48. The molecule has 2 rings (SSSR count). The molecule has 0 saturated heterocycles. The number of rotatable bonds is 5. The monoisotopic (exact) mass is 473 g/mol. The highest BCUT2D eigenvalue weighted by Crippen LogP contribution is 2.32. The van der Waals surface area contributed by atoms with E-state index in [1.165, 1.54) is 12.3 Å². The normalized spacial score (nSPS) is 10.8. The SMILES string of the molecule is Cc1cc(Br)c(NCC(=O)NN=Cc2cc(Cl)ccc2O)c(Br)c1. The molecule has 24 heavy (non-hydrogen) atoms. The van der Waals surface area contributed by atoms with Gasteiger partial charge in [-0.1, -0.05) is 11.6 Å². The van der Waals surface area contributed by atoms with Gasteiger partial charge in [0.25, 0.3) is 5.91 Å². The number of halogens is 3. The predicted molar refractivity (Wildman–Crippen MR) is 104 cm³/mol. The van der Waals surface area contributed by atoms with Gasteiger partial charge >= 0.3 is 0 Å². The van der Waals surface area contributed by atoms with E-state index >= 15 is 0 Å². The molecule has 0 heterocycles. The van der Waals surface area contributed by atoms with Crippen molar-refractivity contribution in [1.29, 1.82) is 0 Å². The Balaban J connectivity index is 1.92. The van der Waals surface area contributed by atoms with Crippen LogP contribution in [0.2, 0.25) is 5.02 Å². The summed E-state index contributed by atoms with van der Waals surface area (Å²) in [6, 6.07) is 8.47. The van der Waals surface area contributed by atoms with E-state index < -0.39 is 0 Å². The smallest absolute Gasteiger partial charge is 0.259 e. The molecule has 0 radical (unpaired) electrons. The van der Waals surface area contributed by atoms with E-state index in [0.717, 1.165) is 20.2 Å². The fraction of sp³-hybridized carbons (Fsp3) is 0.125. The molecule has 0 aliphatic rings. The number of nitrogens with one attached hydrogen (secondary N) is 2. The fourth-order valence-electron chi connectivity index (χ4n) is 1.88. The quantitative estimate of drug-likeness (QED) is 0.442. The molecule has 0 spiro atoms. The zero-order valence-electron chi connectivity index (χ0n) is 12.6. The Kier molecular flexibility index (Phi) is 6.65. The minimum Gasteiger partial charge on any atom is -0.507 e. The number of phenolic OH excluding ortho intramolecular Hbond substituents is 1. The fourth-order valence-corrected chi connectivity index (χ4v) is 3.76. The van der Waals surface area contributed by atoms with Crippen LogP contribution in [-0.4, -0.2) is 23.8 Å². The summed E-state index contributed by atoms with van der Waals surface area (Å²) in [4.78, 5) is 11.8. The lowest BCUT2D eigenvalue weighted by Crippen LogP contribution is -2.26. The minimum atomic E-state index is -0.327. The van der Waals surface area contributed by atoms with Crippen molar-refractivity contribution in [2.75, 3.05) is 11.9 Å². The second-order valence-electron chi connectivity index (χ2n) is 4.95. The van der Waals surface area contributed by atoms with E-state index in [4.69, 9.17) is 11.6 Å². The molecule has 2 aromatic carbocycles. The van der Waals surface area contributed by atoms with Gasteiger partial charge in [-0.25, -0.2) is 5.43 Å². The second-order valence-corrected chi connectivity index (χ2v) is 7.10. The molecule has 0 aromatic heterocycles. The van der Waals surface area contributed by atoms with E-state index in [1.807, 2.05) is 19.1 Å². The summed E-state index contributed by atoms with van der Waals surface area (Å²) in [5.41, 5.74) is 4.67. The summed E-state index contributed by atoms with van der Waals surface area (Å²) in [6.45, 7) is 2.02. The van der Waals surface area contributed by atoms with Crippen LogP contribution in [0, 0.1) is 6.92 Å². The van der Waals surface area contributed by atoms with Gasteiger partial charge < -0.3 is 10.4 Å². The van der Waals surface area contributed by atoms with Crippen LogP contribution in [0.15, 0.2) is 44.4 Å². The molecule has 0 unspecified atom stereocenters. The molecule has 2 aromatic rings. The van der Waals surface area contributed by atoms with Crippen LogP contribution in [0.5, 0.6) is 5.75 Å². The average Bonchev–Trinajstić information content (AvgIpc) is 2.49. The van der Waals surface area contributed by atoms with Crippen molar-refractivity contribution in [2.45, 2.75) is 6.92 Å². The third kappa shape index (κ3) is 5.22. The van der Waals surface area contributed by atoms with Gasteiger partial charge in [-0.2, -0.15) is 5.10 Å². The summed E-state index contributed by atoms with van der Waals surface area (Å²) < 4.78 is 1.71. The Morgan fingerprint density at radius 1 is 1.29 bits per heavy atom. The molecule has 0 atom stereocenters. The molecule has 0 aliphatic carbocycles. The first kappa shape index (κ1) is 18.8. The van der Waals surface area contributed by atoms with E-state index in [-0.39, 0.29) is 18.2 Å². The number of benzene rings is 2. The number of nitrogens with zero attached hydrogens (tertiary/aromatic N) is 1. The highest BCUT2D eigenvalue weighted by molar-refractivity contribution is 9.11. The van der Waals surface area contributed by atoms with Crippen molar-refractivity contribution < 1.29 is 9.90 Å². The largest absolute Gasteiger partial charge is 0.507 e. The second kappa shape index (κ2) is 8.50. The number of carbonyl (C=O) groups is 1. The molecule has 0 fully saturated rings. The number of aromatic hydroxyl groups is 1. The Hall–Kier alpha value is -1.57. The molecular weight excluding hydrogens is 461 g/mol. The highest BCUT2D eigenvalue weighted by atomic mass is 79.9. The standard InChI is InChI=1S/C16H14Br2ClN3O2/c1-9-4-12(17)16(13(18)5-9)20-8-15(24)22-21-7-10-6-11(19)2-3-14(10)23/h2-7,20,23H,8H2,1H3,(H,22,24). The van der Waals surface area contributed by atoms with Gasteiger partial charge in [-0.05, 0) is 74.7 Å². The number of anilines is 1. The van der Waals surface area contributed by atoms with Crippen molar-refractivity contribution >= 4 is 61.3 Å². The molecule has 126 valence electrons. The molecule has 3 N–H and O–H groups in total. The number of carbonyl (C=O) groups excluding carboxylic acids is 1. The Labute approximate surface area is 161 Å². The molecule has 0 aliphatic heterocycles. The minimum absolute atomic E-state index is 0.0306. The highest BCUT2D eigenvalue weighted by Gasteiger charge is 2.08. The topological polar surface area (TPSA) is 73.7 Å². The van der Waals surface area contributed by atoms with Crippen molar-refractivity contribution in [3.8, 4) is 5.75 Å². The van der Waals surface area contributed by atoms with Gasteiger partial charge in [0.15, 0.2) is 0 Å². The van der Waals surface area contributed by atoms with Gasteiger partial charge in [0, 0.05) is 19.5 Å². The summed E-state index contributed by atoms with van der Waals surface area (Å²) in [7, 11) is 0. The molecule has 5 nitrogen and oxygen atoms in total. The zero-order valence-corrected chi connectivity index (χ0v) is 16.5. The summed E-state index contributed by atoms with van der Waals surface area (Å²) in [5.74, 6) is -0.296. The van der Waals surface area contributed by atoms with Crippen LogP contribution in [0.4, 0.5) is 5.69 Å². The van der Waals surface area contributed by atoms with Crippen molar-refractivity contribution in [1.82, 2.24) is 5.43 Å². The maximum absolute atomic E-state index is 11.8. The van der Waals surface area contributed by atoms with E-state index in [9.17, 15) is 9.90 Å². The molecule has 0 saturated carbocycles. The Morgan fingerprint density at radius 2 is 1.96 bits per heavy atom. The van der Waals surface area contributed by atoms with Crippen LogP contribution in [0.25, 0.3) is 0 Å². The number of phenols is 1. The van der Waals surface area contributed by atoms with Gasteiger partial charge in [0.1, 0.15) is 5.75 Å². The van der Waals surface area contributed by atoms with E-state index in [0.29, 0.717) is 10.6 Å². The van der Waals surface area contributed by atoms with Crippen LogP contribution in [0.1, 0.15) is 11.1 Å². The van der Waals surface area contributed by atoms with Crippen molar-refractivity contribution in [3.63, 3.8) is 0 Å². The number of hydrazone groups is 1. The first-order chi connectivity index (χ1) is 11.4. The predicted octanol–water partition coefficient (Wildman–Crippen LogP) is 4.44. The summed E-state index contributed by atoms with van der Waals surface area (Å²) in [5, 5.41) is 17.0. The first-order valence-electron chi connectivity index (χ1n) is 6.86. The van der Waals surface area contributed by atoms with Crippen molar-refractivity contribution in [3.05, 3.63) is 55.4 Å². The molecule has 1 amide bonds. The number of aryl methyl sites for hydroxylation is 1. The maximum Gasteiger partial charge on any atom is 0.259 e. The zero-order chi connectivity index (χ0) is 17.7. The number of hydrogen-bond donors (Lipinski definition) is 3. The van der Waals surface area contributed by atoms with Crippen molar-refractivity contribution in [2.24, 2.45) is 5.10 Å². The van der Waals surface area contributed by atoms with Crippen LogP contribution in [0.3, 0.4) is 0 Å². The van der Waals surface area contributed by atoms with Crippen LogP contribution in [-0.2, 0) is 4.79 Å². The molecular formula is C16H14Br2ClN3O2. The van der Waals surface area contributed by atoms with Gasteiger partial charge in [-0.15, -0.1) is 0 Å². The van der Waals surface area contributed by atoms with E-state index in [1.54, 1.807) is 12.1 Å². The number of amides is 1. The molecule has 0 bridgehead atoms. The lowest BCUT2D eigenvalue weighted by molar-refractivity contribution is -0.119. The Bertz CT molecular complexity index is 774. The Morgan fingerprint density at radius 3 is 2.62 bits per heavy atom. The first-order valence-corrected chi connectivity index (χ1v) is 8.83. The summed E-state index contributed by atoms with van der Waals surface area (Å²) in [6.07, 6.45) is 1.33. The lowest BCUT2D eigenvalue weighted by Gasteiger charge is -2.11. The third-order valence-electron chi connectivity index (χ3n) is 2.99. The van der Waals surface area contributed by atoms with Gasteiger partial charge in [0.05, 0.1) is 18.4 Å². The summed E-state index contributed by atoms with van der Waals surface area (Å²) >= 11 is 12.7. The average molecular weight is 476 g/mol. The van der Waals surface area contributed by atoms with Gasteiger partial charge in [-0.3, -0.25) is 4.79 Å². The maximum atomic E-state index is 11.8. The van der Waals surface area contributed by atoms with Crippen LogP contribution < -0.4 is 10.7 Å². The van der Waals surface area contributed by atoms with E-state index in [2.05, 4.69) is 47.7 Å². The van der Waals surface area contributed by atoms with Gasteiger partial charge in [0.2, 0.25) is 0 Å². The molecule has 8 heteroatoms. The number of hydrogen-bond acceptors (Lipinski definition) is 4. The lowest BCUT2D eigenvalue weighted by atomic mass is 10.2. The van der Waals surface area contributed by atoms with Crippen LogP contribution >= 0.6 is 43.5 Å².